The maximum absolute atomic E-state index is 11.8. The quantitative estimate of drug-likeness (QED) is 0.549. The summed E-state index contributed by atoms with van der Waals surface area (Å²) in [5, 5.41) is 9.91. The number of benzene rings is 1. The van der Waals surface area contributed by atoms with Crippen LogP contribution in [0, 0.1) is 0 Å². The number of hydroxylamine groups is 1. The highest BCUT2D eigenvalue weighted by Crippen LogP contribution is 2.29. The van der Waals surface area contributed by atoms with Crippen molar-refractivity contribution in [2.45, 2.75) is 6.42 Å². The molecule has 0 saturated carbocycles. The first-order valence-corrected chi connectivity index (χ1v) is 5.73. The molecule has 1 aromatic heterocycles. The van der Waals surface area contributed by atoms with E-state index in [2.05, 4.69) is 6.08 Å². The third kappa shape index (κ3) is 1.47. The Bertz CT molecular complexity index is 680. The lowest BCUT2D eigenvalue weighted by Gasteiger charge is -2.05. The SMILES string of the molecule is O=C(NO)n1c2c(c3ccccc31)CC=CC=C2. The van der Waals surface area contributed by atoms with E-state index in [0.29, 0.717) is 0 Å². The highest BCUT2D eigenvalue weighted by atomic mass is 16.5. The summed E-state index contributed by atoms with van der Waals surface area (Å²) in [6.07, 6.45) is 8.56. The molecule has 1 aromatic carbocycles. The number of amides is 1. The van der Waals surface area contributed by atoms with Gasteiger partial charge >= 0.3 is 6.03 Å². The molecule has 0 unspecified atom stereocenters. The Kier molecular flexibility index (Phi) is 2.50. The van der Waals surface area contributed by atoms with Crippen LogP contribution in [0.2, 0.25) is 0 Å². The Morgan fingerprint density at radius 2 is 2.11 bits per heavy atom. The van der Waals surface area contributed by atoms with Gasteiger partial charge in [-0.05, 0) is 24.1 Å². The van der Waals surface area contributed by atoms with Crippen molar-refractivity contribution in [3.63, 3.8) is 0 Å². The van der Waals surface area contributed by atoms with E-state index in [-0.39, 0.29) is 0 Å². The molecular weight excluding hydrogens is 228 g/mol. The maximum atomic E-state index is 11.8. The van der Waals surface area contributed by atoms with Gasteiger partial charge in [-0.25, -0.2) is 10.3 Å². The highest BCUT2D eigenvalue weighted by molar-refractivity contribution is 5.97. The number of rotatable bonds is 0. The zero-order chi connectivity index (χ0) is 12.5. The van der Waals surface area contributed by atoms with Gasteiger partial charge in [0, 0.05) is 5.39 Å². The van der Waals surface area contributed by atoms with Gasteiger partial charge in [0.1, 0.15) is 0 Å². The van der Waals surface area contributed by atoms with Crippen LogP contribution < -0.4 is 5.48 Å². The van der Waals surface area contributed by atoms with Crippen LogP contribution in [-0.4, -0.2) is 15.8 Å². The predicted molar refractivity (Wildman–Crippen MR) is 69.5 cm³/mol. The van der Waals surface area contributed by atoms with Crippen LogP contribution in [0.15, 0.2) is 42.5 Å². The van der Waals surface area contributed by atoms with Crippen LogP contribution in [0.1, 0.15) is 11.3 Å². The van der Waals surface area contributed by atoms with Crippen LogP contribution in [0.4, 0.5) is 4.79 Å². The summed E-state index contributed by atoms with van der Waals surface area (Å²) in [5.41, 5.74) is 4.41. The largest absolute Gasteiger partial charge is 0.350 e. The van der Waals surface area contributed by atoms with Crippen molar-refractivity contribution in [2.24, 2.45) is 0 Å². The second-order valence-corrected chi connectivity index (χ2v) is 4.12. The lowest BCUT2D eigenvalue weighted by atomic mass is 10.1. The third-order valence-corrected chi connectivity index (χ3v) is 3.14. The lowest BCUT2D eigenvalue weighted by molar-refractivity contribution is 0.163. The van der Waals surface area contributed by atoms with Crippen molar-refractivity contribution in [3.05, 3.63) is 53.8 Å². The number of fused-ring (bicyclic) bond motifs is 3. The lowest BCUT2D eigenvalue weighted by Crippen LogP contribution is -2.25. The minimum atomic E-state index is -0.543. The Balaban J connectivity index is 2.40. The highest BCUT2D eigenvalue weighted by Gasteiger charge is 2.18. The molecule has 0 atom stereocenters. The van der Waals surface area contributed by atoms with E-state index >= 15 is 0 Å². The molecule has 1 aliphatic rings. The van der Waals surface area contributed by atoms with Gasteiger partial charge in [-0.2, -0.15) is 0 Å². The topological polar surface area (TPSA) is 54.3 Å². The van der Waals surface area contributed by atoms with Crippen LogP contribution in [-0.2, 0) is 6.42 Å². The Hall–Kier alpha value is -2.33. The van der Waals surface area contributed by atoms with Crippen LogP contribution in [0.3, 0.4) is 0 Å². The summed E-state index contributed by atoms with van der Waals surface area (Å²) in [6.45, 7) is 0. The number of allylic oxidation sites excluding steroid dienone is 3. The molecule has 0 bridgehead atoms. The zero-order valence-corrected chi connectivity index (χ0v) is 9.63. The molecule has 4 nitrogen and oxygen atoms in total. The fraction of sp³-hybridized carbons (Fsp3) is 0.0714. The van der Waals surface area contributed by atoms with E-state index in [1.165, 1.54) is 4.57 Å². The fourth-order valence-corrected chi connectivity index (χ4v) is 2.40. The monoisotopic (exact) mass is 240 g/mol. The summed E-state index contributed by atoms with van der Waals surface area (Å²) in [7, 11) is 0. The van der Waals surface area contributed by atoms with E-state index in [4.69, 9.17) is 5.21 Å². The number of nitrogens with one attached hydrogen (secondary N) is 1. The predicted octanol–water partition coefficient (Wildman–Crippen LogP) is 2.71. The van der Waals surface area contributed by atoms with Gasteiger partial charge in [0.25, 0.3) is 0 Å². The summed E-state index contributed by atoms with van der Waals surface area (Å²) in [5.74, 6) is 0. The number of carbonyl (C=O) groups is 1. The summed E-state index contributed by atoms with van der Waals surface area (Å²) in [4.78, 5) is 11.8. The van der Waals surface area contributed by atoms with Crippen molar-refractivity contribution in [2.75, 3.05) is 0 Å². The maximum Gasteiger partial charge on any atom is 0.350 e. The second-order valence-electron chi connectivity index (χ2n) is 4.12. The molecule has 1 heterocycles. The summed E-state index contributed by atoms with van der Waals surface area (Å²) < 4.78 is 1.49. The number of hydrogen-bond acceptors (Lipinski definition) is 2. The minimum Gasteiger partial charge on any atom is -0.287 e. The first kappa shape index (κ1) is 10.8. The summed E-state index contributed by atoms with van der Waals surface area (Å²) in [6, 6.07) is 7.14. The Morgan fingerprint density at radius 1 is 1.28 bits per heavy atom. The van der Waals surface area contributed by atoms with Gasteiger partial charge < -0.3 is 0 Å². The first-order valence-electron chi connectivity index (χ1n) is 5.73. The molecular formula is C14H12N2O2. The number of aromatic nitrogens is 1. The standard InChI is InChI=1S/C14H12N2O2/c17-14(15-18)16-12-8-3-1-2-6-10(12)11-7-4-5-9-13(11)16/h1-5,7-9,18H,6H2,(H,15,17). The molecule has 2 N–H and O–H groups in total. The van der Waals surface area contributed by atoms with Gasteiger partial charge in [0.2, 0.25) is 0 Å². The number of hydrogen-bond donors (Lipinski definition) is 2. The first-order chi connectivity index (χ1) is 8.83. The molecule has 3 rings (SSSR count). The van der Waals surface area contributed by atoms with Crippen molar-refractivity contribution < 1.29 is 10.0 Å². The number of nitrogens with zero attached hydrogens (tertiary/aromatic N) is 1. The van der Waals surface area contributed by atoms with Crippen molar-refractivity contribution in [1.29, 1.82) is 0 Å². The van der Waals surface area contributed by atoms with E-state index in [1.807, 2.05) is 42.5 Å². The molecule has 0 spiro atoms. The van der Waals surface area contributed by atoms with Gasteiger partial charge in [0.15, 0.2) is 0 Å². The molecule has 4 heteroatoms. The van der Waals surface area contributed by atoms with Crippen LogP contribution in [0.5, 0.6) is 0 Å². The number of carbonyl (C=O) groups excluding carboxylic acids is 1. The molecule has 0 radical (unpaired) electrons. The molecule has 0 saturated heterocycles. The van der Waals surface area contributed by atoms with Gasteiger partial charge in [-0.1, -0.05) is 36.4 Å². The Morgan fingerprint density at radius 3 is 2.94 bits per heavy atom. The van der Waals surface area contributed by atoms with Gasteiger partial charge in [-0.15, -0.1) is 0 Å². The molecule has 0 fully saturated rings. The average molecular weight is 240 g/mol. The number of para-hydroxylation sites is 1. The van der Waals surface area contributed by atoms with E-state index in [9.17, 15) is 4.79 Å². The second kappa shape index (κ2) is 4.16. The molecule has 18 heavy (non-hydrogen) atoms. The van der Waals surface area contributed by atoms with Gasteiger partial charge in [0.05, 0.1) is 11.2 Å². The molecule has 1 amide bonds. The molecule has 1 aliphatic carbocycles. The van der Waals surface area contributed by atoms with E-state index < -0.39 is 6.03 Å². The average Bonchev–Trinajstić information content (AvgIpc) is 2.57. The van der Waals surface area contributed by atoms with Crippen molar-refractivity contribution in [1.82, 2.24) is 10.0 Å². The normalized spacial score (nSPS) is 13.4. The van der Waals surface area contributed by atoms with E-state index in [0.717, 1.165) is 28.6 Å². The smallest absolute Gasteiger partial charge is 0.287 e. The minimum absolute atomic E-state index is 0.543. The summed E-state index contributed by atoms with van der Waals surface area (Å²) >= 11 is 0. The Labute approximate surface area is 104 Å². The van der Waals surface area contributed by atoms with Crippen molar-refractivity contribution in [3.8, 4) is 0 Å². The third-order valence-electron chi connectivity index (χ3n) is 3.14. The fourth-order valence-electron chi connectivity index (χ4n) is 2.40. The molecule has 2 aromatic rings. The van der Waals surface area contributed by atoms with Crippen molar-refractivity contribution >= 4 is 23.0 Å². The van der Waals surface area contributed by atoms with Crippen LogP contribution >= 0.6 is 0 Å². The van der Waals surface area contributed by atoms with Gasteiger partial charge in [-0.3, -0.25) is 9.77 Å². The zero-order valence-electron chi connectivity index (χ0n) is 9.63. The molecule has 0 aliphatic heterocycles. The van der Waals surface area contributed by atoms with E-state index in [1.54, 1.807) is 5.48 Å². The van der Waals surface area contributed by atoms with Crippen LogP contribution in [0.25, 0.3) is 17.0 Å². The molecule has 90 valence electrons.